The van der Waals surface area contributed by atoms with Gasteiger partial charge in [-0.25, -0.2) is 4.99 Å². The first-order valence-corrected chi connectivity index (χ1v) is 7.09. The van der Waals surface area contributed by atoms with Crippen molar-refractivity contribution in [1.82, 2.24) is 15.7 Å². The van der Waals surface area contributed by atoms with Crippen LogP contribution in [0.3, 0.4) is 0 Å². The van der Waals surface area contributed by atoms with Crippen molar-refractivity contribution in [2.75, 3.05) is 0 Å². The van der Waals surface area contributed by atoms with Crippen LogP contribution < -0.4 is 5.48 Å². The fourth-order valence-electron chi connectivity index (χ4n) is 1.12. The zero-order valence-corrected chi connectivity index (χ0v) is 11.5. The van der Waals surface area contributed by atoms with Crippen LogP contribution >= 0.6 is 34.7 Å². The molecule has 2 rings (SSSR count). The van der Waals surface area contributed by atoms with Gasteiger partial charge in [-0.05, 0) is 17.7 Å². The molecule has 0 atom stereocenters. The lowest BCUT2D eigenvalue weighted by molar-refractivity contribution is 0.240. The highest BCUT2D eigenvalue weighted by Gasteiger charge is 2.03. The third-order valence-electron chi connectivity index (χ3n) is 1.90. The molecule has 0 radical (unpaired) electrons. The number of nitrogens with zero attached hydrogens (tertiary/aromatic N) is 3. The number of halogens is 1. The van der Waals surface area contributed by atoms with E-state index in [4.69, 9.17) is 16.8 Å². The van der Waals surface area contributed by atoms with Crippen molar-refractivity contribution < 1.29 is 5.21 Å². The largest absolute Gasteiger partial charge is 0.290 e. The summed E-state index contributed by atoms with van der Waals surface area (Å²) in [5, 5.41) is 17.4. The topological polar surface area (TPSA) is 70.4 Å². The molecular formula is C10H9ClN4OS2. The molecule has 0 unspecified atom stereocenters. The minimum atomic E-state index is 0.496. The van der Waals surface area contributed by atoms with Gasteiger partial charge in [0.25, 0.3) is 0 Å². The summed E-state index contributed by atoms with van der Waals surface area (Å²) in [7, 11) is 0. The zero-order chi connectivity index (χ0) is 12.8. The van der Waals surface area contributed by atoms with Crippen LogP contribution in [-0.2, 0) is 5.75 Å². The molecule has 0 saturated carbocycles. The van der Waals surface area contributed by atoms with Crippen molar-refractivity contribution >= 4 is 46.2 Å². The van der Waals surface area contributed by atoms with Gasteiger partial charge in [0, 0.05) is 10.8 Å². The summed E-state index contributed by atoms with van der Waals surface area (Å²) in [5.74, 6) is 0.799. The highest BCUT2D eigenvalue weighted by atomic mass is 35.5. The fourth-order valence-corrected chi connectivity index (χ4v) is 2.89. The van der Waals surface area contributed by atoms with Gasteiger partial charge in [-0.15, -0.1) is 10.2 Å². The van der Waals surface area contributed by atoms with Crippen LogP contribution in [0.15, 0.2) is 33.6 Å². The Kier molecular flexibility index (Phi) is 4.94. The molecule has 0 saturated heterocycles. The van der Waals surface area contributed by atoms with Crippen molar-refractivity contribution in [2.24, 2.45) is 4.99 Å². The molecule has 0 aliphatic carbocycles. The number of hydrogen-bond donors (Lipinski definition) is 2. The lowest BCUT2D eigenvalue weighted by Crippen LogP contribution is -2.00. The summed E-state index contributed by atoms with van der Waals surface area (Å²) in [6, 6.07) is 7.68. The third kappa shape index (κ3) is 3.95. The first-order valence-electron chi connectivity index (χ1n) is 4.91. The first kappa shape index (κ1) is 13.3. The molecular weight excluding hydrogens is 292 g/mol. The van der Waals surface area contributed by atoms with E-state index in [-0.39, 0.29) is 0 Å². The van der Waals surface area contributed by atoms with Gasteiger partial charge in [-0.1, -0.05) is 46.8 Å². The average molecular weight is 301 g/mol. The Bertz CT molecular complexity index is 529. The lowest BCUT2D eigenvalue weighted by atomic mass is 10.2. The lowest BCUT2D eigenvalue weighted by Gasteiger charge is -1.98. The van der Waals surface area contributed by atoms with E-state index in [2.05, 4.69) is 15.2 Å². The van der Waals surface area contributed by atoms with E-state index < -0.39 is 0 Å². The van der Waals surface area contributed by atoms with E-state index in [1.165, 1.54) is 16.9 Å². The van der Waals surface area contributed by atoms with Gasteiger partial charge in [-0.2, -0.15) is 0 Å². The quantitative estimate of drug-likeness (QED) is 0.384. The van der Waals surface area contributed by atoms with Crippen LogP contribution in [0.5, 0.6) is 0 Å². The van der Waals surface area contributed by atoms with Crippen LogP contribution in [0.2, 0.25) is 5.02 Å². The van der Waals surface area contributed by atoms with Crippen LogP contribution in [0.25, 0.3) is 0 Å². The second kappa shape index (κ2) is 6.69. The summed E-state index contributed by atoms with van der Waals surface area (Å²) in [4.78, 5) is 3.84. The van der Waals surface area contributed by atoms with Crippen molar-refractivity contribution in [2.45, 2.75) is 10.1 Å². The van der Waals surface area contributed by atoms with Gasteiger partial charge in [-0.3, -0.25) is 10.7 Å². The number of nitrogens with one attached hydrogen (secondary N) is 1. The van der Waals surface area contributed by atoms with Crippen molar-refractivity contribution in [1.29, 1.82) is 0 Å². The molecule has 0 aliphatic heterocycles. The summed E-state index contributed by atoms with van der Waals surface area (Å²) in [5.41, 5.74) is 2.98. The Balaban J connectivity index is 1.92. The van der Waals surface area contributed by atoms with E-state index in [9.17, 15) is 0 Å². The van der Waals surface area contributed by atoms with Gasteiger partial charge < -0.3 is 0 Å². The molecule has 0 fully saturated rings. The van der Waals surface area contributed by atoms with Crippen LogP contribution in [0, 0.1) is 0 Å². The predicted octanol–water partition coefficient (Wildman–Crippen LogP) is 3.12. The van der Waals surface area contributed by atoms with Crippen molar-refractivity contribution in [3.05, 3.63) is 34.9 Å². The molecule has 8 heteroatoms. The number of thioether (sulfide) groups is 1. The summed E-state index contributed by atoms with van der Waals surface area (Å²) in [6.07, 6.45) is 1.15. The molecule has 94 valence electrons. The van der Waals surface area contributed by atoms with Gasteiger partial charge in [0.15, 0.2) is 4.34 Å². The van der Waals surface area contributed by atoms with Crippen molar-refractivity contribution in [3.63, 3.8) is 0 Å². The number of hydrogen-bond acceptors (Lipinski definition) is 6. The number of rotatable bonds is 5. The third-order valence-corrected chi connectivity index (χ3v) is 4.19. The molecule has 0 bridgehead atoms. The zero-order valence-electron chi connectivity index (χ0n) is 9.08. The highest BCUT2D eigenvalue weighted by molar-refractivity contribution is 8.00. The minimum Gasteiger partial charge on any atom is -0.290 e. The molecule has 1 heterocycles. The number of hydroxylamine groups is 1. The van der Waals surface area contributed by atoms with Gasteiger partial charge in [0.2, 0.25) is 5.13 Å². The van der Waals surface area contributed by atoms with E-state index >= 15 is 0 Å². The molecule has 0 amide bonds. The van der Waals surface area contributed by atoms with E-state index in [1.807, 2.05) is 29.7 Å². The summed E-state index contributed by atoms with van der Waals surface area (Å²) >= 11 is 8.75. The molecule has 18 heavy (non-hydrogen) atoms. The maximum Gasteiger partial charge on any atom is 0.233 e. The molecule has 5 nitrogen and oxygen atoms in total. The van der Waals surface area contributed by atoms with E-state index in [0.717, 1.165) is 21.5 Å². The molecule has 2 aromatic rings. The van der Waals surface area contributed by atoms with Gasteiger partial charge in [0.1, 0.15) is 6.34 Å². The molecule has 1 aromatic carbocycles. The van der Waals surface area contributed by atoms with Gasteiger partial charge in [0.05, 0.1) is 0 Å². The minimum absolute atomic E-state index is 0.496. The number of benzene rings is 1. The van der Waals surface area contributed by atoms with Crippen LogP contribution in [0.4, 0.5) is 5.13 Å². The van der Waals surface area contributed by atoms with Crippen LogP contribution in [0.1, 0.15) is 5.56 Å². The molecule has 1 aromatic heterocycles. The van der Waals surface area contributed by atoms with Crippen molar-refractivity contribution in [3.8, 4) is 0 Å². The van der Waals surface area contributed by atoms with E-state index in [1.54, 1.807) is 11.8 Å². The summed E-state index contributed by atoms with van der Waals surface area (Å²) < 4.78 is 0.829. The molecule has 2 N–H and O–H groups in total. The maximum absolute atomic E-state index is 8.35. The molecule has 0 spiro atoms. The highest BCUT2D eigenvalue weighted by Crippen LogP contribution is 2.29. The van der Waals surface area contributed by atoms with E-state index in [0.29, 0.717) is 5.13 Å². The Morgan fingerprint density at radius 1 is 1.39 bits per heavy atom. The first-order chi connectivity index (χ1) is 8.78. The normalized spacial score (nSPS) is 11.0. The monoisotopic (exact) mass is 300 g/mol. The Morgan fingerprint density at radius 2 is 2.17 bits per heavy atom. The molecule has 0 aliphatic rings. The predicted molar refractivity (Wildman–Crippen MR) is 74.0 cm³/mol. The summed E-state index contributed by atoms with van der Waals surface area (Å²) in [6.45, 7) is 0. The average Bonchev–Trinajstić information content (AvgIpc) is 2.84. The Hall–Kier alpha value is -1.15. The number of aliphatic imine (C=N–C) groups is 1. The number of aromatic nitrogens is 2. The van der Waals surface area contributed by atoms with Gasteiger partial charge >= 0.3 is 0 Å². The second-order valence-corrected chi connectivity index (χ2v) is 5.77. The van der Waals surface area contributed by atoms with Crippen LogP contribution in [-0.4, -0.2) is 21.7 Å². The fraction of sp³-hybridized carbons (Fsp3) is 0.100. The smallest absolute Gasteiger partial charge is 0.233 e. The standard InChI is InChI=1S/C10H9ClN4OS2/c11-8-3-1-7(2-4-8)5-17-10-15-14-9(18-10)12-6-13-16/h1-4,6,16H,5H2,(H,12,13,14). The SMILES string of the molecule is ON/C=N/c1nnc(SCc2ccc(Cl)cc2)s1. The maximum atomic E-state index is 8.35. The Morgan fingerprint density at radius 3 is 2.89 bits per heavy atom. The second-order valence-electron chi connectivity index (χ2n) is 3.15. The Labute approximate surface area is 117 Å².